The van der Waals surface area contributed by atoms with Crippen molar-refractivity contribution in [1.29, 1.82) is 0 Å². The Hall–Kier alpha value is -2.70. The van der Waals surface area contributed by atoms with E-state index in [2.05, 4.69) is 15.4 Å². The van der Waals surface area contributed by atoms with E-state index in [9.17, 15) is 9.59 Å². The largest absolute Gasteiger partial charge is 0.478 e. The first-order valence-corrected chi connectivity index (χ1v) is 5.54. The SMILES string of the molecule is CNC(=O)c1ccn(Cc2ncccc2C(=O)O)n1. The number of nitrogens with zero attached hydrogens (tertiary/aromatic N) is 3. The van der Waals surface area contributed by atoms with E-state index >= 15 is 0 Å². The minimum atomic E-state index is -1.04. The lowest BCUT2D eigenvalue weighted by molar-refractivity contribution is 0.0694. The van der Waals surface area contributed by atoms with E-state index in [1.807, 2.05) is 0 Å². The molecule has 98 valence electrons. The van der Waals surface area contributed by atoms with Crippen molar-refractivity contribution in [2.75, 3.05) is 7.05 Å². The summed E-state index contributed by atoms with van der Waals surface area (Å²) in [6, 6.07) is 4.60. The Labute approximate surface area is 108 Å². The first-order valence-electron chi connectivity index (χ1n) is 5.54. The van der Waals surface area contributed by atoms with E-state index in [1.165, 1.54) is 24.0 Å². The van der Waals surface area contributed by atoms with Crippen LogP contribution in [-0.4, -0.2) is 38.8 Å². The molecule has 7 nitrogen and oxygen atoms in total. The average Bonchev–Trinajstić information content (AvgIpc) is 2.86. The molecular weight excluding hydrogens is 248 g/mol. The van der Waals surface area contributed by atoms with Crippen LogP contribution in [0.15, 0.2) is 30.6 Å². The van der Waals surface area contributed by atoms with Crippen molar-refractivity contribution in [1.82, 2.24) is 20.1 Å². The normalized spacial score (nSPS) is 10.2. The van der Waals surface area contributed by atoms with E-state index in [4.69, 9.17) is 5.11 Å². The summed E-state index contributed by atoms with van der Waals surface area (Å²) in [6.07, 6.45) is 3.12. The summed E-state index contributed by atoms with van der Waals surface area (Å²) in [4.78, 5) is 26.4. The molecule has 7 heteroatoms. The summed E-state index contributed by atoms with van der Waals surface area (Å²) in [5.74, 6) is -1.33. The van der Waals surface area contributed by atoms with Gasteiger partial charge in [0.1, 0.15) is 5.69 Å². The lowest BCUT2D eigenvalue weighted by atomic mass is 10.2. The zero-order valence-corrected chi connectivity index (χ0v) is 10.2. The first-order chi connectivity index (χ1) is 9.11. The number of carboxylic acid groups (broad SMARTS) is 1. The number of hydrogen-bond acceptors (Lipinski definition) is 4. The van der Waals surface area contributed by atoms with Gasteiger partial charge >= 0.3 is 5.97 Å². The standard InChI is InChI=1S/C12H12N4O3/c1-13-11(17)9-4-6-16(15-9)7-10-8(12(18)19)3-2-5-14-10/h2-6H,7H2,1H3,(H,13,17)(H,18,19). The Morgan fingerprint density at radius 2 is 2.21 bits per heavy atom. The van der Waals surface area contributed by atoms with Crippen LogP contribution in [0, 0.1) is 0 Å². The quantitative estimate of drug-likeness (QED) is 0.828. The third kappa shape index (κ3) is 2.76. The molecule has 2 rings (SSSR count). The minimum absolute atomic E-state index is 0.125. The van der Waals surface area contributed by atoms with Gasteiger partial charge in [-0.2, -0.15) is 5.10 Å². The van der Waals surface area contributed by atoms with Crippen molar-refractivity contribution in [3.05, 3.63) is 47.5 Å². The topological polar surface area (TPSA) is 97.1 Å². The zero-order valence-electron chi connectivity index (χ0n) is 10.2. The van der Waals surface area contributed by atoms with Gasteiger partial charge in [-0.05, 0) is 18.2 Å². The van der Waals surface area contributed by atoms with Crippen LogP contribution in [0.25, 0.3) is 0 Å². The maximum Gasteiger partial charge on any atom is 0.337 e. The van der Waals surface area contributed by atoms with Gasteiger partial charge < -0.3 is 10.4 Å². The van der Waals surface area contributed by atoms with Crippen LogP contribution in [0.1, 0.15) is 26.5 Å². The van der Waals surface area contributed by atoms with E-state index in [0.717, 1.165) is 0 Å². The lowest BCUT2D eigenvalue weighted by Crippen LogP contribution is -2.19. The second-order valence-electron chi connectivity index (χ2n) is 3.78. The van der Waals surface area contributed by atoms with Crippen LogP contribution in [0.3, 0.4) is 0 Å². The fraction of sp³-hybridized carbons (Fsp3) is 0.167. The van der Waals surface area contributed by atoms with Crippen molar-refractivity contribution in [3.8, 4) is 0 Å². The lowest BCUT2D eigenvalue weighted by Gasteiger charge is -2.04. The number of rotatable bonds is 4. The van der Waals surface area contributed by atoms with Crippen LogP contribution in [0.2, 0.25) is 0 Å². The molecule has 0 saturated carbocycles. The third-order valence-corrected chi connectivity index (χ3v) is 2.53. The molecule has 0 aliphatic carbocycles. The summed E-state index contributed by atoms with van der Waals surface area (Å²) >= 11 is 0. The smallest absolute Gasteiger partial charge is 0.337 e. The molecule has 0 unspecified atom stereocenters. The van der Waals surface area contributed by atoms with Crippen LogP contribution >= 0.6 is 0 Å². The molecule has 0 atom stereocenters. The Balaban J connectivity index is 2.24. The molecule has 0 aliphatic heterocycles. The summed E-state index contributed by atoms with van der Waals surface area (Å²) < 4.78 is 1.47. The molecule has 0 bridgehead atoms. The number of carbonyl (C=O) groups is 2. The highest BCUT2D eigenvalue weighted by Crippen LogP contribution is 2.07. The number of aromatic nitrogens is 3. The van der Waals surface area contributed by atoms with Crippen molar-refractivity contribution < 1.29 is 14.7 Å². The van der Waals surface area contributed by atoms with Crippen LogP contribution in [0.5, 0.6) is 0 Å². The number of amides is 1. The Kier molecular flexibility index (Phi) is 3.56. The van der Waals surface area contributed by atoms with Crippen molar-refractivity contribution >= 4 is 11.9 Å². The maximum absolute atomic E-state index is 11.4. The molecule has 19 heavy (non-hydrogen) atoms. The van der Waals surface area contributed by atoms with E-state index in [1.54, 1.807) is 18.3 Å². The summed E-state index contributed by atoms with van der Waals surface area (Å²) in [6.45, 7) is 0.194. The highest BCUT2D eigenvalue weighted by atomic mass is 16.4. The molecular formula is C12H12N4O3. The van der Waals surface area contributed by atoms with E-state index in [0.29, 0.717) is 5.69 Å². The number of carbonyl (C=O) groups excluding carboxylic acids is 1. The van der Waals surface area contributed by atoms with Gasteiger partial charge in [-0.15, -0.1) is 0 Å². The Bertz CT molecular complexity index is 621. The highest BCUT2D eigenvalue weighted by Gasteiger charge is 2.12. The van der Waals surface area contributed by atoms with Gasteiger partial charge in [-0.3, -0.25) is 14.5 Å². The predicted molar refractivity (Wildman–Crippen MR) is 65.9 cm³/mol. The minimum Gasteiger partial charge on any atom is -0.478 e. The third-order valence-electron chi connectivity index (χ3n) is 2.53. The number of aromatic carboxylic acids is 1. The molecule has 2 aromatic heterocycles. The van der Waals surface area contributed by atoms with Gasteiger partial charge in [0.05, 0.1) is 17.8 Å². The summed E-state index contributed by atoms with van der Waals surface area (Å²) in [5, 5.41) is 15.6. The molecule has 0 radical (unpaired) electrons. The Morgan fingerprint density at radius 3 is 2.89 bits per heavy atom. The first kappa shape index (κ1) is 12.7. The molecule has 0 fully saturated rings. The van der Waals surface area contributed by atoms with Crippen LogP contribution in [0.4, 0.5) is 0 Å². The van der Waals surface area contributed by atoms with Gasteiger partial charge in [0.15, 0.2) is 0 Å². The molecule has 0 aliphatic rings. The number of nitrogens with one attached hydrogen (secondary N) is 1. The number of hydrogen-bond donors (Lipinski definition) is 2. The van der Waals surface area contributed by atoms with Gasteiger partial charge in [0.25, 0.3) is 5.91 Å². The molecule has 2 heterocycles. The zero-order chi connectivity index (χ0) is 13.8. The van der Waals surface area contributed by atoms with E-state index < -0.39 is 5.97 Å². The van der Waals surface area contributed by atoms with Crippen LogP contribution in [-0.2, 0) is 6.54 Å². The van der Waals surface area contributed by atoms with Crippen molar-refractivity contribution in [3.63, 3.8) is 0 Å². The Morgan fingerprint density at radius 1 is 1.42 bits per heavy atom. The number of carboxylic acids is 1. The maximum atomic E-state index is 11.4. The predicted octanol–water partition coefficient (Wildman–Crippen LogP) is 0.384. The van der Waals surface area contributed by atoms with Gasteiger partial charge in [-0.25, -0.2) is 4.79 Å². The highest BCUT2D eigenvalue weighted by molar-refractivity contribution is 5.91. The fourth-order valence-electron chi connectivity index (χ4n) is 1.61. The molecule has 0 aromatic carbocycles. The van der Waals surface area contributed by atoms with Crippen LogP contribution < -0.4 is 5.32 Å². The van der Waals surface area contributed by atoms with Gasteiger partial charge in [0, 0.05) is 19.4 Å². The second kappa shape index (κ2) is 5.30. The number of pyridine rings is 1. The van der Waals surface area contributed by atoms with Gasteiger partial charge in [-0.1, -0.05) is 0 Å². The molecule has 2 aromatic rings. The molecule has 0 saturated heterocycles. The average molecular weight is 260 g/mol. The molecule has 2 N–H and O–H groups in total. The molecule has 1 amide bonds. The molecule has 0 spiro atoms. The summed E-state index contributed by atoms with van der Waals surface area (Å²) in [5.41, 5.74) is 0.788. The fourth-order valence-corrected chi connectivity index (χ4v) is 1.61. The van der Waals surface area contributed by atoms with E-state index in [-0.39, 0.29) is 23.7 Å². The van der Waals surface area contributed by atoms with Gasteiger partial charge in [0.2, 0.25) is 0 Å². The van der Waals surface area contributed by atoms with Crippen molar-refractivity contribution in [2.24, 2.45) is 0 Å². The monoisotopic (exact) mass is 260 g/mol. The van der Waals surface area contributed by atoms with Crippen molar-refractivity contribution in [2.45, 2.75) is 6.54 Å². The second-order valence-corrected chi connectivity index (χ2v) is 3.78. The summed E-state index contributed by atoms with van der Waals surface area (Å²) in [7, 11) is 1.52.